The summed E-state index contributed by atoms with van der Waals surface area (Å²) in [6.07, 6.45) is 0. The number of benzene rings is 2. The summed E-state index contributed by atoms with van der Waals surface area (Å²) in [5, 5.41) is 11.1. The number of nitrogens with zero attached hydrogens (tertiary/aromatic N) is 3. The number of nitrogens with one attached hydrogen (secondary N) is 1. The molecule has 0 radical (unpaired) electrons. The lowest BCUT2D eigenvalue weighted by Crippen LogP contribution is -2.27. The van der Waals surface area contributed by atoms with Gasteiger partial charge in [-0.25, -0.2) is 0 Å². The third-order valence-corrected chi connectivity index (χ3v) is 3.90. The molecule has 26 heavy (non-hydrogen) atoms. The lowest BCUT2D eigenvalue weighted by atomic mass is 10.1. The molecule has 130 valence electrons. The number of anilines is 3. The van der Waals surface area contributed by atoms with Crippen LogP contribution in [-0.4, -0.2) is 28.9 Å². The number of para-hydroxylation sites is 1. The van der Waals surface area contributed by atoms with E-state index in [4.69, 9.17) is 0 Å². The average Bonchev–Trinajstić information content (AvgIpc) is 2.68. The Bertz CT molecular complexity index is 907. The largest absolute Gasteiger partial charge is 0.339 e. The van der Waals surface area contributed by atoms with Crippen molar-refractivity contribution in [3.63, 3.8) is 0 Å². The van der Waals surface area contributed by atoms with Crippen molar-refractivity contribution in [2.45, 2.75) is 6.92 Å². The smallest absolute Gasteiger partial charge is 0.278 e. The molecule has 0 fully saturated rings. The maximum atomic E-state index is 12.5. The van der Waals surface area contributed by atoms with E-state index in [0.717, 1.165) is 11.4 Å². The number of aromatic nitrogens is 2. The van der Waals surface area contributed by atoms with Gasteiger partial charge in [-0.05, 0) is 55.5 Å². The zero-order chi connectivity index (χ0) is 18.5. The topological polar surface area (TPSA) is 75.2 Å². The van der Waals surface area contributed by atoms with E-state index in [0.29, 0.717) is 11.4 Å². The van der Waals surface area contributed by atoms with Crippen molar-refractivity contribution in [2.75, 3.05) is 17.3 Å². The van der Waals surface area contributed by atoms with Crippen molar-refractivity contribution in [2.24, 2.45) is 0 Å². The van der Waals surface area contributed by atoms with E-state index in [-0.39, 0.29) is 17.4 Å². The Hall–Kier alpha value is -3.54. The number of ketones is 1. The molecule has 0 spiro atoms. The van der Waals surface area contributed by atoms with Crippen LogP contribution in [-0.2, 0) is 0 Å². The minimum Gasteiger partial charge on any atom is -0.339 e. The molecule has 2 aromatic carbocycles. The molecular weight excluding hydrogens is 328 g/mol. The fourth-order valence-electron chi connectivity index (χ4n) is 2.39. The van der Waals surface area contributed by atoms with E-state index >= 15 is 0 Å². The second-order valence-corrected chi connectivity index (χ2v) is 5.76. The molecule has 1 N–H and O–H groups in total. The second-order valence-electron chi connectivity index (χ2n) is 5.76. The van der Waals surface area contributed by atoms with Gasteiger partial charge in [0.2, 0.25) is 0 Å². The van der Waals surface area contributed by atoms with Gasteiger partial charge in [-0.3, -0.25) is 9.59 Å². The molecule has 1 heterocycles. The molecule has 3 aromatic rings. The average molecular weight is 346 g/mol. The predicted molar refractivity (Wildman–Crippen MR) is 101 cm³/mol. The number of carbonyl (C=O) groups is 2. The van der Waals surface area contributed by atoms with Crippen LogP contribution in [0, 0.1) is 0 Å². The standard InChI is InChI=1S/C20H18N4O2/c1-14(25)15-8-10-16(11-9-15)21-19-13-12-18(22-23-19)20(26)24(2)17-6-4-3-5-7-17/h3-13H,1-2H3,(H,21,23). The minimum atomic E-state index is -0.235. The van der Waals surface area contributed by atoms with Crippen molar-refractivity contribution < 1.29 is 9.59 Å². The maximum Gasteiger partial charge on any atom is 0.278 e. The van der Waals surface area contributed by atoms with Crippen LogP contribution in [0.4, 0.5) is 17.2 Å². The van der Waals surface area contributed by atoms with Crippen molar-refractivity contribution in [1.29, 1.82) is 0 Å². The summed E-state index contributed by atoms with van der Waals surface area (Å²) >= 11 is 0. The van der Waals surface area contributed by atoms with Gasteiger partial charge in [0.15, 0.2) is 17.3 Å². The van der Waals surface area contributed by atoms with Crippen LogP contribution in [0.3, 0.4) is 0 Å². The SMILES string of the molecule is CC(=O)c1ccc(Nc2ccc(C(=O)N(C)c3ccccc3)nn2)cc1. The molecule has 0 unspecified atom stereocenters. The molecule has 0 aliphatic carbocycles. The Morgan fingerprint density at radius 1 is 0.885 bits per heavy atom. The molecule has 6 nitrogen and oxygen atoms in total. The summed E-state index contributed by atoms with van der Waals surface area (Å²) < 4.78 is 0. The molecule has 3 rings (SSSR count). The van der Waals surface area contributed by atoms with Gasteiger partial charge < -0.3 is 10.2 Å². The van der Waals surface area contributed by atoms with Crippen molar-refractivity contribution in [3.05, 3.63) is 78.0 Å². The summed E-state index contributed by atoms with van der Waals surface area (Å²) in [6, 6.07) is 19.7. The van der Waals surface area contributed by atoms with Gasteiger partial charge in [0.1, 0.15) is 0 Å². The van der Waals surface area contributed by atoms with Crippen LogP contribution in [0.1, 0.15) is 27.8 Å². The van der Waals surface area contributed by atoms with E-state index in [1.54, 1.807) is 43.4 Å². The highest BCUT2D eigenvalue weighted by molar-refractivity contribution is 6.04. The number of amides is 1. The highest BCUT2D eigenvalue weighted by Gasteiger charge is 2.15. The van der Waals surface area contributed by atoms with E-state index in [9.17, 15) is 9.59 Å². The van der Waals surface area contributed by atoms with Crippen molar-refractivity contribution >= 4 is 28.9 Å². The Kier molecular flexibility index (Phi) is 5.03. The molecule has 0 bridgehead atoms. The highest BCUT2D eigenvalue weighted by Crippen LogP contribution is 2.17. The number of hydrogen-bond donors (Lipinski definition) is 1. The van der Waals surface area contributed by atoms with Gasteiger partial charge in [-0.1, -0.05) is 18.2 Å². The summed E-state index contributed by atoms with van der Waals surface area (Å²) in [5.74, 6) is 0.294. The Labute approximate surface area is 151 Å². The molecular formula is C20H18N4O2. The monoisotopic (exact) mass is 346 g/mol. The zero-order valence-electron chi connectivity index (χ0n) is 14.5. The summed E-state index contributed by atoms with van der Waals surface area (Å²) in [5.41, 5.74) is 2.47. The molecule has 0 atom stereocenters. The number of rotatable bonds is 5. The fourth-order valence-corrected chi connectivity index (χ4v) is 2.39. The van der Waals surface area contributed by atoms with Gasteiger partial charge in [0, 0.05) is 24.0 Å². The lowest BCUT2D eigenvalue weighted by Gasteiger charge is -2.16. The number of hydrogen-bond acceptors (Lipinski definition) is 5. The third kappa shape index (κ3) is 3.92. The second kappa shape index (κ2) is 7.57. The van der Waals surface area contributed by atoms with Crippen LogP contribution in [0.25, 0.3) is 0 Å². The highest BCUT2D eigenvalue weighted by atomic mass is 16.2. The molecule has 0 saturated carbocycles. The third-order valence-electron chi connectivity index (χ3n) is 3.90. The summed E-state index contributed by atoms with van der Waals surface area (Å²) in [6.45, 7) is 1.52. The Balaban J connectivity index is 1.70. The summed E-state index contributed by atoms with van der Waals surface area (Å²) in [7, 11) is 1.70. The molecule has 6 heteroatoms. The first-order chi connectivity index (χ1) is 12.5. The fraction of sp³-hybridized carbons (Fsp3) is 0.100. The van der Waals surface area contributed by atoms with Crippen molar-refractivity contribution in [3.8, 4) is 0 Å². The van der Waals surface area contributed by atoms with Crippen LogP contribution in [0.15, 0.2) is 66.7 Å². The van der Waals surface area contributed by atoms with Crippen LogP contribution >= 0.6 is 0 Å². The molecule has 0 saturated heterocycles. The quantitative estimate of drug-likeness (QED) is 0.713. The van der Waals surface area contributed by atoms with E-state index in [2.05, 4.69) is 15.5 Å². The van der Waals surface area contributed by atoms with Crippen molar-refractivity contribution in [1.82, 2.24) is 10.2 Å². The van der Waals surface area contributed by atoms with Gasteiger partial charge in [-0.15, -0.1) is 10.2 Å². The van der Waals surface area contributed by atoms with E-state index < -0.39 is 0 Å². The molecule has 0 aliphatic heterocycles. The number of carbonyl (C=O) groups excluding carboxylic acids is 2. The molecule has 1 amide bonds. The predicted octanol–water partition coefficient (Wildman–Crippen LogP) is 3.70. The van der Waals surface area contributed by atoms with E-state index in [1.165, 1.54) is 11.8 Å². The van der Waals surface area contributed by atoms with Crippen LogP contribution in [0.2, 0.25) is 0 Å². The van der Waals surface area contributed by atoms with Crippen LogP contribution in [0.5, 0.6) is 0 Å². The summed E-state index contributed by atoms with van der Waals surface area (Å²) in [4.78, 5) is 25.3. The van der Waals surface area contributed by atoms with Gasteiger partial charge in [0.05, 0.1) is 0 Å². The van der Waals surface area contributed by atoms with E-state index in [1.807, 2.05) is 30.3 Å². The lowest BCUT2D eigenvalue weighted by molar-refractivity contribution is 0.0985. The zero-order valence-corrected chi connectivity index (χ0v) is 14.5. The van der Waals surface area contributed by atoms with Gasteiger partial charge >= 0.3 is 0 Å². The van der Waals surface area contributed by atoms with Gasteiger partial charge in [0.25, 0.3) is 5.91 Å². The molecule has 0 aliphatic rings. The Morgan fingerprint density at radius 2 is 1.58 bits per heavy atom. The first kappa shape index (κ1) is 17.3. The van der Waals surface area contributed by atoms with Gasteiger partial charge in [-0.2, -0.15) is 0 Å². The first-order valence-electron chi connectivity index (χ1n) is 8.09. The normalized spacial score (nSPS) is 10.2. The van der Waals surface area contributed by atoms with Crippen LogP contribution < -0.4 is 10.2 Å². The number of Topliss-reactive ketones (excluding diaryl/α,β-unsaturated/α-hetero) is 1. The maximum absolute atomic E-state index is 12.5. The molecule has 1 aromatic heterocycles. The first-order valence-corrected chi connectivity index (χ1v) is 8.09. The Morgan fingerprint density at radius 3 is 2.15 bits per heavy atom. The minimum absolute atomic E-state index is 0.0155.